The topological polar surface area (TPSA) is 233 Å². The lowest BCUT2D eigenvalue weighted by Crippen LogP contribution is -2.03. The third kappa shape index (κ3) is 10.2. The predicted octanol–water partition coefficient (Wildman–Crippen LogP) is 1.92. The Morgan fingerprint density at radius 1 is 0.333 bits per heavy atom. The maximum atomic E-state index is 11.5. The Morgan fingerprint density at radius 2 is 0.500 bits per heavy atom. The van der Waals surface area contributed by atoms with Crippen LogP contribution in [0.15, 0.2) is 91.0 Å². The van der Waals surface area contributed by atoms with Gasteiger partial charge in [-0.05, 0) is 88.0 Å². The largest absolute Gasteiger partial charge is 0.400 e. The Balaban J connectivity index is 0.00000138. The van der Waals surface area contributed by atoms with Gasteiger partial charge in [-0.2, -0.15) is 0 Å². The van der Waals surface area contributed by atoms with Crippen molar-refractivity contribution in [2.75, 3.05) is 21.3 Å². The van der Waals surface area contributed by atoms with E-state index in [0.717, 1.165) is 21.3 Å². The summed E-state index contributed by atoms with van der Waals surface area (Å²) in [5.41, 5.74) is 4.06. The van der Waals surface area contributed by atoms with Gasteiger partial charge in [0.05, 0.1) is 15.9 Å². The molecule has 228 valence electrons. The van der Waals surface area contributed by atoms with Crippen LogP contribution in [0.3, 0.4) is 0 Å². The minimum Gasteiger partial charge on any atom is -0.400 e. The van der Waals surface area contributed by atoms with Crippen molar-refractivity contribution in [1.29, 1.82) is 0 Å². The van der Waals surface area contributed by atoms with E-state index in [1.54, 1.807) is 36.4 Å². The maximum Gasteiger partial charge on any atom is 0.356 e. The molecule has 0 spiro atoms. The quantitative estimate of drug-likeness (QED) is 0.137. The highest BCUT2D eigenvalue weighted by molar-refractivity contribution is 7.60. The van der Waals surface area contributed by atoms with E-state index in [1.807, 2.05) is 18.2 Å². The minimum absolute atomic E-state index is 0.122. The molecule has 0 bridgehead atoms. The first-order valence-electron chi connectivity index (χ1n) is 11.7. The summed E-state index contributed by atoms with van der Waals surface area (Å²) in [7, 11) is -10.2. The lowest BCUT2D eigenvalue weighted by Gasteiger charge is -2.13. The lowest BCUT2D eigenvalue weighted by molar-refractivity contribution is 0.385. The first-order valence-corrected chi connectivity index (χ1v) is 16.5. The van der Waals surface area contributed by atoms with Crippen molar-refractivity contribution >= 4 is 38.7 Å². The summed E-state index contributed by atoms with van der Waals surface area (Å²) >= 11 is 0. The molecule has 0 radical (unpaired) electrons. The highest BCUT2D eigenvalue weighted by atomic mass is 31.2. The summed E-state index contributed by atoms with van der Waals surface area (Å²) in [5, 5.41) is 20.6. The minimum atomic E-state index is -4.41. The fraction of sp³-hybridized carbons (Fsp3) is 0.111. The third-order valence-corrected chi connectivity index (χ3v) is 8.46. The summed E-state index contributed by atoms with van der Waals surface area (Å²) in [6.45, 7) is 0. The Morgan fingerprint density at radius 3 is 0.643 bits per heavy atom. The molecule has 42 heavy (non-hydrogen) atoms. The summed E-state index contributed by atoms with van der Waals surface area (Å²) < 4.78 is 34.6. The van der Waals surface area contributed by atoms with Gasteiger partial charge in [-0.25, -0.2) is 0 Å². The third-order valence-electron chi connectivity index (χ3n) is 5.54. The normalized spacial score (nSPS) is 11.1. The number of hydrogen-bond acceptors (Lipinski definition) is 6. The maximum absolute atomic E-state index is 11.5. The zero-order valence-corrected chi connectivity index (χ0v) is 25.4. The van der Waals surface area contributed by atoms with E-state index in [9.17, 15) is 43.1 Å². The van der Waals surface area contributed by atoms with E-state index in [2.05, 4.69) is 0 Å². The number of hydrogen-bond donors (Lipinski definition) is 9. The van der Waals surface area contributed by atoms with Crippen molar-refractivity contribution in [3.63, 3.8) is 0 Å². The Bertz CT molecular complexity index is 1350. The average molecular weight is 642 g/mol. The molecule has 15 heteroatoms. The number of aliphatic hydroxyl groups is 3. The zero-order chi connectivity index (χ0) is 32.3. The van der Waals surface area contributed by atoms with E-state index in [1.165, 1.54) is 36.4 Å². The van der Waals surface area contributed by atoms with Crippen LogP contribution < -0.4 is 15.9 Å². The molecule has 0 fully saturated rings. The van der Waals surface area contributed by atoms with Crippen LogP contribution in [0.25, 0.3) is 33.4 Å². The monoisotopic (exact) mass is 642 g/mol. The van der Waals surface area contributed by atoms with Crippen LogP contribution in [0, 0.1) is 0 Å². The number of aliphatic hydroxyl groups excluding tert-OH is 3. The van der Waals surface area contributed by atoms with Crippen LogP contribution in [0.4, 0.5) is 0 Å². The molecule has 0 saturated heterocycles. The highest BCUT2D eigenvalue weighted by Crippen LogP contribution is 2.38. The van der Waals surface area contributed by atoms with Crippen LogP contribution in [0.5, 0.6) is 0 Å². The van der Waals surface area contributed by atoms with Crippen molar-refractivity contribution in [1.82, 2.24) is 0 Å². The molecule has 0 amide bonds. The molecular formula is C27H33O12P3. The molecule has 0 aliphatic heterocycles. The van der Waals surface area contributed by atoms with Crippen LogP contribution in [-0.2, 0) is 13.7 Å². The van der Waals surface area contributed by atoms with Crippen LogP contribution in [-0.4, -0.2) is 66.0 Å². The number of rotatable bonds is 6. The van der Waals surface area contributed by atoms with Gasteiger partial charge in [0.2, 0.25) is 0 Å². The van der Waals surface area contributed by atoms with Crippen LogP contribution >= 0.6 is 22.8 Å². The summed E-state index contributed by atoms with van der Waals surface area (Å²) in [5.74, 6) is 0. The van der Waals surface area contributed by atoms with Crippen LogP contribution in [0.2, 0.25) is 0 Å². The molecule has 0 saturated carbocycles. The lowest BCUT2D eigenvalue weighted by atomic mass is 9.93. The summed E-state index contributed by atoms with van der Waals surface area (Å²) in [6, 6.07) is 23.0. The molecule has 0 atom stereocenters. The molecule has 0 aliphatic carbocycles. The zero-order valence-electron chi connectivity index (χ0n) is 22.8. The number of benzene rings is 4. The van der Waals surface area contributed by atoms with E-state index < -0.39 is 22.8 Å². The van der Waals surface area contributed by atoms with Crippen molar-refractivity contribution in [3.05, 3.63) is 91.0 Å². The Kier molecular flexibility index (Phi) is 14.3. The molecule has 12 nitrogen and oxygen atoms in total. The SMILES string of the molecule is CO.CO.CO.O=P(O)(O)c1ccc(-c2cc(-c3ccc(P(=O)(O)O)cc3)cc(-c3ccc(P(=O)(O)O)cc3)c2)cc1. The molecule has 4 rings (SSSR count). The molecule has 0 heterocycles. The fourth-order valence-electron chi connectivity index (χ4n) is 3.67. The van der Waals surface area contributed by atoms with Crippen molar-refractivity contribution in [2.45, 2.75) is 0 Å². The van der Waals surface area contributed by atoms with Crippen LogP contribution in [0.1, 0.15) is 0 Å². The van der Waals surface area contributed by atoms with Gasteiger partial charge in [0, 0.05) is 21.3 Å². The molecule has 0 unspecified atom stereocenters. The van der Waals surface area contributed by atoms with Crippen molar-refractivity contribution in [2.24, 2.45) is 0 Å². The smallest absolute Gasteiger partial charge is 0.356 e. The van der Waals surface area contributed by atoms with Gasteiger partial charge in [-0.15, -0.1) is 0 Å². The Hall–Kier alpha value is -2.79. The van der Waals surface area contributed by atoms with E-state index in [4.69, 9.17) is 15.3 Å². The van der Waals surface area contributed by atoms with Gasteiger partial charge in [0.25, 0.3) is 0 Å². The van der Waals surface area contributed by atoms with Gasteiger partial charge >= 0.3 is 22.8 Å². The molecule has 4 aromatic rings. The molecule has 4 aromatic carbocycles. The van der Waals surface area contributed by atoms with Crippen molar-refractivity contribution in [3.8, 4) is 33.4 Å². The molecule has 9 N–H and O–H groups in total. The van der Waals surface area contributed by atoms with E-state index >= 15 is 0 Å². The van der Waals surface area contributed by atoms with Gasteiger partial charge in [0.1, 0.15) is 0 Å². The second kappa shape index (κ2) is 16.2. The van der Waals surface area contributed by atoms with Gasteiger partial charge in [-0.3, -0.25) is 13.7 Å². The molecule has 0 aromatic heterocycles. The van der Waals surface area contributed by atoms with Crippen molar-refractivity contribution < 1.29 is 58.4 Å². The Labute approximate surface area is 242 Å². The average Bonchev–Trinajstić information content (AvgIpc) is 2.99. The second-order valence-corrected chi connectivity index (χ2v) is 12.9. The second-order valence-electron chi connectivity index (χ2n) is 8.07. The molecule has 0 aliphatic rings. The predicted molar refractivity (Wildman–Crippen MR) is 162 cm³/mol. The standard InChI is InChI=1S/C24H21O9P3.3CH4O/c25-34(26,27)22-7-1-16(2-8-22)19-13-20(17-3-9-23(10-4-17)35(28,29)30)15-21(14-19)18-5-11-24(12-6-18)36(31,32)33;3*1-2/h1-15H,(H2,25,26,27)(H2,28,29,30)(H2,31,32,33);3*2H,1H3. The van der Waals surface area contributed by atoms with Gasteiger partial charge in [0.15, 0.2) is 0 Å². The first-order chi connectivity index (χ1) is 19.7. The first kappa shape index (κ1) is 37.2. The highest BCUT2D eigenvalue weighted by Gasteiger charge is 2.19. The van der Waals surface area contributed by atoms with Gasteiger partial charge in [-0.1, -0.05) is 36.4 Å². The van der Waals surface area contributed by atoms with E-state index in [-0.39, 0.29) is 15.9 Å². The summed E-state index contributed by atoms with van der Waals surface area (Å²) in [6.07, 6.45) is 0. The summed E-state index contributed by atoms with van der Waals surface area (Å²) in [4.78, 5) is 56.4. The molecular weight excluding hydrogens is 609 g/mol. The van der Waals surface area contributed by atoms with Gasteiger partial charge < -0.3 is 44.7 Å². The van der Waals surface area contributed by atoms with E-state index in [0.29, 0.717) is 33.4 Å². The fourth-order valence-corrected chi connectivity index (χ4v) is 5.28.